The Morgan fingerprint density at radius 3 is 2.38 bits per heavy atom. The van der Waals surface area contributed by atoms with Gasteiger partial charge in [0.05, 0.1) is 13.7 Å². The standard InChI is InChI=1S/C38H34BrN3O3/c1-37(2)20-32(41-26-14-16-27(45-3)17-15-26)35(34(43)21-37)38(30-22-40-31-19-25(39)13-18-28(30)31)29-11-7-8-12-33(29)42(36(38)44)23-24-9-5-4-6-10-24/h4-19,22,40-41H,20-21,23H2,1-3H3/t38-/m1/s1. The van der Waals surface area contributed by atoms with Gasteiger partial charge in [0.25, 0.3) is 0 Å². The minimum Gasteiger partial charge on any atom is -0.497 e. The number of carbonyl (C=O) groups excluding carboxylic acids is 2. The summed E-state index contributed by atoms with van der Waals surface area (Å²) in [5.74, 6) is 0.583. The fraction of sp³-hybridized carbons (Fsp3) is 0.211. The van der Waals surface area contributed by atoms with E-state index in [4.69, 9.17) is 4.74 Å². The van der Waals surface area contributed by atoms with E-state index in [1.165, 1.54) is 0 Å². The number of anilines is 2. The second-order valence-electron chi connectivity index (χ2n) is 12.7. The van der Waals surface area contributed by atoms with Crippen LogP contribution in [-0.4, -0.2) is 23.8 Å². The minimum absolute atomic E-state index is 0.0292. The predicted molar refractivity (Wildman–Crippen MR) is 183 cm³/mol. The van der Waals surface area contributed by atoms with Crippen molar-refractivity contribution >= 4 is 49.9 Å². The molecular formula is C38H34BrN3O3. The molecule has 2 N–H and O–H groups in total. The van der Waals surface area contributed by atoms with Crippen LogP contribution in [0, 0.1) is 5.41 Å². The average molecular weight is 661 g/mol. The monoisotopic (exact) mass is 659 g/mol. The third-order valence-electron chi connectivity index (χ3n) is 9.03. The number of aromatic amines is 1. The number of aromatic nitrogens is 1. The summed E-state index contributed by atoms with van der Waals surface area (Å²) in [6.07, 6.45) is 2.85. The lowest BCUT2D eigenvalue weighted by Crippen LogP contribution is -2.47. The Bertz CT molecular complexity index is 1980. The number of hydrogen-bond donors (Lipinski definition) is 2. The van der Waals surface area contributed by atoms with Gasteiger partial charge in [-0.1, -0.05) is 84.4 Å². The lowest BCUT2D eigenvalue weighted by molar-refractivity contribution is -0.125. The Kier molecular flexibility index (Phi) is 7.16. The van der Waals surface area contributed by atoms with Crippen molar-refractivity contribution in [2.45, 2.75) is 38.6 Å². The Labute approximate surface area is 271 Å². The van der Waals surface area contributed by atoms with Crippen LogP contribution in [0.2, 0.25) is 0 Å². The van der Waals surface area contributed by atoms with Crippen molar-refractivity contribution in [3.05, 3.63) is 136 Å². The smallest absolute Gasteiger partial charge is 0.247 e. The number of para-hydroxylation sites is 1. The van der Waals surface area contributed by atoms with Crippen LogP contribution in [-0.2, 0) is 21.5 Å². The van der Waals surface area contributed by atoms with E-state index < -0.39 is 5.41 Å². The molecule has 7 rings (SSSR count). The summed E-state index contributed by atoms with van der Waals surface area (Å²) in [4.78, 5) is 35.4. The van der Waals surface area contributed by atoms with E-state index in [1.54, 1.807) is 7.11 Å². The number of ketones is 1. The molecule has 2 aliphatic rings. The van der Waals surface area contributed by atoms with E-state index in [9.17, 15) is 4.79 Å². The van der Waals surface area contributed by atoms with Gasteiger partial charge in [-0.3, -0.25) is 9.59 Å². The van der Waals surface area contributed by atoms with Crippen LogP contribution in [0.25, 0.3) is 10.9 Å². The fourth-order valence-electron chi connectivity index (χ4n) is 7.13. The molecule has 1 atom stereocenters. The molecule has 0 fully saturated rings. The highest BCUT2D eigenvalue weighted by Crippen LogP contribution is 2.56. The first-order valence-electron chi connectivity index (χ1n) is 15.1. The molecule has 0 unspecified atom stereocenters. The molecule has 7 heteroatoms. The number of fused-ring (bicyclic) bond motifs is 2. The van der Waals surface area contributed by atoms with E-state index in [2.05, 4.69) is 40.1 Å². The molecule has 5 aromatic rings. The number of benzene rings is 4. The van der Waals surface area contributed by atoms with Crippen LogP contribution in [0.3, 0.4) is 0 Å². The van der Waals surface area contributed by atoms with E-state index in [0.717, 1.165) is 54.9 Å². The number of rotatable bonds is 7. The third-order valence-corrected chi connectivity index (χ3v) is 9.52. The molecule has 4 aromatic carbocycles. The predicted octanol–water partition coefficient (Wildman–Crippen LogP) is 8.53. The van der Waals surface area contributed by atoms with Gasteiger partial charge < -0.3 is 19.9 Å². The zero-order valence-corrected chi connectivity index (χ0v) is 27.1. The summed E-state index contributed by atoms with van der Waals surface area (Å²) in [6, 6.07) is 31.6. The lowest BCUT2D eigenvalue weighted by Gasteiger charge is -2.40. The summed E-state index contributed by atoms with van der Waals surface area (Å²) in [6.45, 7) is 4.61. The van der Waals surface area contributed by atoms with Gasteiger partial charge in [0.1, 0.15) is 11.2 Å². The molecule has 2 heterocycles. The van der Waals surface area contributed by atoms with E-state index in [-0.39, 0.29) is 17.1 Å². The Hall–Kier alpha value is -4.62. The number of ether oxygens (including phenoxy) is 1. The second kappa shape index (κ2) is 11.1. The van der Waals surface area contributed by atoms with Gasteiger partial charge in [-0.15, -0.1) is 0 Å². The molecule has 0 bridgehead atoms. The van der Waals surface area contributed by atoms with Gasteiger partial charge >= 0.3 is 0 Å². The fourth-order valence-corrected chi connectivity index (χ4v) is 7.49. The van der Waals surface area contributed by atoms with Crippen molar-refractivity contribution < 1.29 is 14.3 Å². The van der Waals surface area contributed by atoms with Gasteiger partial charge in [0.2, 0.25) is 5.91 Å². The summed E-state index contributed by atoms with van der Waals surface area (Å²) in [5, 5.41) is 4.52. The first kappa shape index (κ1) is 29.1. The number of allylic oxidation sites excluding steroid dienone is 1. The number of amides is 1. The third kappa shape index (κ3) is 4.86. The maximum atomic E-state index is 15.5. The number of nitrogens with one attached hydrogen (secondary N) is 2. The number of H-pyrrole nitrogens is 1. The van der Waals surface area contributed by atoms with Crippen LogP contribution in [0.1, 0.15) is 43.4 Å². The molecule has 1 aromatic heterocycles. The Balaban J connectivity index is 1.53. The lowest BCUT2D eigenvalue weighted by atomic mass is 9.62. The van der Waals surface area contributed by atoms with Crippen LogP contribution in [0.5, 0.6) is 5.75 Å². The average Bonchev–Trinajstić information content (AvgIpc) is 3.54. The maximum Gasteiger partial charge on any atom is 0.247 e. The summed E-state index contributed by atoms with van der Waals surface area (Å²) in [7, 11) is 1.64. The molecular weight excluding hydrogens is 626 g/mol. The quantitative estimate of drug-likeness (QED) is 0.184. The van der Waals surface area contributed by atoms with Gasteiger partial charge in [-0.05, 0) is 59.9 Å². The van der Waals surface area contributed by atoms with Crippen molar-refractivity contribution in [1.82, 2.24) is 4.98 Å². The SMILES string of the molecule is COc1ccc(NC2=C([C@@]3(c4c[nH]c5cc(Br)ccc45)C(=O)N(Cc4ccccc4)c4ccccc43)C(=O)CC(C)(C)C2)cc1. The van der Waals surface area contributed by atoms with Crippen molar-refractivity contribution in [2.24, 2.45) is 5.41 Å². The number of methoxy groups -OCH3 is 1. The Morgan fingerprint density at radius 2 is 1.62 bits per heavy atom. The van der Waals surface area contributed by atoms with E-state index in [1.807, 2.05) is 108 Å². The molecule has 0 saturated carbocycles. The molecule has 0 saturated heterocycles. The highest BCUT2D eigenvalue weighted by atomic mass is 79.9. The number of hydrogen-bond acceptors (Lipinski definition) is 4. The molecule has 1 aliphatic heterocycles. The molecule has 6 nitrogen and oxygen atoms in total. The van der Waals surface area contributed by atoms with Crippen LogP contribution >= 0.6 is 15.9 Å². The topological polar surface area (TPSA) is 74.4 Å². The van der Waals surface area contributed by atoms with E-state index in [0.29, 0.717) is 25.0 Å². The molecule has 45 heavy (non-hydrogen) atoms. The first-order chi connectivity index (χ1) is 21.7. The first-order valence-corrected chi connectivity index (χ1v) is 15.9. The normalized spacial score (nSPS) is 19.2. The minimum atomic E-state index is -1.38. The number of carbonyl (C=O) groups is 2. The van der Waals surface area contributed by atoms with Crippen molar-refractivity contribution in [1.29, 1.82) is 0 Å². The number of halogens is 1. The zero-order valence-electron chi connectivity index (χ0n) is 25.5. The van der Waals surface area contributed by atoms with Crippen LogP contribution in [0.4, 0.5) is 11.4 Å². The molecule has 1 amide bonds. The summed E-state index contributed by atoms with van der Waals surface area (Å²) >= 11 is 3.60. The van der Waals surface area contributed by atoms with Gasteiger partial charge in [-0.25, -0.2) is 0 Å². The Morgan fingerprint density at radius 1 is 0.889 bits per heavy atom. The highest BCUT2D eigenvalue weighted by molar-refractivity contribution is 9.10. The van der Waals surface area contributed by atoms with Gasteiger partial charge in [0, 0.05) is 61.8 Å². The van der Waals surface area contributed by atoms with Gasteiger partial charge in [0.15, 0.2) is 5.78 Å². The number of nitrogens with zero attached hydrogens (tertiary/aromatic N) is 1. The zero-order chi connectivity index (χ0) is 31.3. The summed E-state index contributed by atoms with van der Waals surface area (Å²) in [5.41, 5.74) is 4.72. The maximum absolute atomic E-state index is 15.5. The molecule has 226 valence electrons. The molecule has 1 aliphatic carbocycles. The summed E-state index contributed by atoms with van der Waals surface area (Å²) < 4.78 is 6.32. The van der Waals surface area contributed by atoms with Crippen molar-refractivity contribution in [2.75, 3.05) is 17.3 Å². The largest absolute Gasteiger partial charge is 0.497 e. The number of Topliss-reactive ketones (excluding diaryl/α,β-unsaturated/α-hetero) is 1. The van der Waals surface area contributed by atoms with E-state index >= 15 is 4.79 Å². The molecule has 0 spiro atoms. The molecule has 0 radical (unpaired) electrons. The second-order valence-corrected chi connectivity index (χ2v) is 13.6. The van der Waals surface area contributed by atoms with Crippen molar-refractivity contribution in [3.8, 4) is 5.75 Å². The van der Waals surface area contributed by atoms with Gasteiger partial charge in [-0.2, -0.15) is 0 Å². The van der Waals surface area contributed by atoms with Crippen LogP contribution < -0.4 is 15.0 Å². The van der Waals surface area contributed by atoms with Crippen molar-refractivity contribution in [3.63, 3.8) is 0 Å². The highest BCUT2D eigenvalue weighted by Gasteiger charge is 2.59. The van der Waals surface area contributed by atoms with Crippen LogP contribution in [0.15, 0.2) is 119 Å².